The van der Waals surface area contributed by atoms with Crippen LogP contribution in [0.1, 0.15) is 11.1 Å². The van der Waals surface area contributed by atoms with Gasteiger partial charge in [0.05, 0.1) is 11.1 Å². The molecule has 54 valence electrons. The van der Waals surface area contributed by atoms with E-state index < -0.39 is 0 Å². The van der Waals surface area contributed by atoms with E-state index in [4.69, 9.17) is 17.3 Å². The van der Waals surface area contributed by atoms with Gasteiger partial charge in [0, 0.05) is 12.7 Å². The molecule has 1 unspecified atom stereocenters. The second-order valence-electron chi connectivity index (χ2n) is 1.84. The van der Waals surface area contributed by atoms with Crippen molar-refractivity contribution in [1.82, 2.24) is 9.97 Å². The SMILES string of the molecule is NCC(Cl)c1ccncn1. The molecular weight excluding hydrogens is 150 g/mol. The zero-order valence-corrected chi connectivity index (χ0v) is 6.12. The molecule has 1 heterocycles. The highest BCUT2D eigenvalue weighted by molar-refractivity contribution is 6.20. The van der Waals surface area contributed by atoms with Gasteiger partial charge in [-0.1, -0.05) is 0 Å². The van der Waals surface area contributed by atoms with E-state index in [1.807, 2.05) is 0 Å². The molecule has 0 aliphatic heterocycles. The lowest BCUT2D eigenvalue weighted by Gasteiger charge is -2.02. The molecule has 4 heteroatoms. The first-order valence-corrected chi connectivity index (χ1v) is 3.38. The number of nitrogens with two attached hydrogens (primary N) is 1. The summed E-state index contributed by atoms with van der Waals surface area (Å²) in [5, 5.41) is -0.192. The van der Waals surface area contributed by atoms with E-state index in [9.17, 15) is 0 Å². The predicted octanol–water partition coefficient (Wildman–Crippen LogP) is 0.715. The number of halogens is 1. The lowest BCUT2D eigenvalue weighted by molar-refractivity contribution is 0.877. The average Bonchev–Trinajstić information content (AvgIpc) is 2.05. The lowest BCUT2D eigenvalue weighted by Crippen LogP contribution is -2.07. The highest BCUT2D eigenvalue weighted by Gasteiger charge is 2.04. The molecule has 1 aromatic heterocycles. The molecule has 0 aliphatic rings. The summed E-state index contributed by atoms with van der Waals surface area (Å²) in [6.07, 6.45) is 3.10. The maximum Gasteiger partial charge on any atom is 0.115 e. The monoisotopic (exact) mass is 157 g/mol. The Labute approximate surface area is 64.2 Å². The lowest BCUT2D eigenvalue weighted by atomic mass is 10.3. The predicted molar refractivity (Wildman–Crippen MR) is 39.7 cm³/mol. The molecule has 1 aromatic rings. The topological polar surface area (TPSA) is 51.8 Å². The van der Waals surface area contributed by atoms with Crippen LogP contribution in [0.2, 0.25) is 0 Å². The molecule has 0 aromatic carbocycles. The van der Waals surface area contributed by atoms with Crippen molar-refractivity contribution in [3.05, 3.63) is 24.3 Å². The molecule has 1 atom stereocenters. The van der Waals surface area contributed by atoms with Crippen molar-refractivity contribution in [1.29, 1.82) is 0 Å². The summed E-state index contributed by atoms with van der Waals surface area (Å²) in [5.74, 6) is 0. The molecule has 1 rings (SSSR count). The quantitative estimate of drug-likeness (QED) is 0.644. The Hall–Kier alpha value is -0.670. The fourth-order valence-corrected chi connectivity index (χ4v) is 0.736. The van der Waals surface area contributed by atoms with Crippen molar-refractivity contribution >= 4 is 11.6 Å². The zero-order chi connectivity index (χ0) is 7.40. The van der Waals surface area contributed by atoms with Crippen LogP contribution in [0.3, 0.4) is 0 Å². The largest absolute Gasteiger partial charge is 0.329 e. The van der Waals surface area contributed by atoms with Crippen molar-refractivity contribution < 1.29 is 0 Å². The maximum absolute atomic E-state index is 5.78. The molecule has 2 N–H and O–H groups in total. The zero-order valence-electron chi connectivity index (χ0n) is 5.37. The third kappa shape index (κ3) is 1.65. The van der Waals surface area contributed by atoms with E-state index in [0.29, 0.717) is 6.54 Å². The summed E-state index contributed by atoms with van der Waals surface area (Å²) in [4.78, 5) is 7.68. The van der Waals surface area contributed by atoms with Gasteiger partial charge in [0.2, 0.25) is 0 Å². The number of rotatable bonds is 2. The maximum atomic E-state index is 5.78. The van der Waals surface area contributed by atoms with Crippen molar-refractivity contribution in [2.75, 3.05) is 6.54 Å². The Morgan fingerprint density at radius 2 is 2.50 bits per heavy atom. The summed E-state index contributed by atoms with van der Waals surface area (Å²) in [5.41, 5.74) is 6.09. The minimum Gasteiger partial charge on any atom is -0.329 e. The van der Waals surface area contributed by atoms with Crippen LogP contribution >= 0.6 is 11.6 Å². The molecule has 0 saturated carbocycles. The van der Waals surface area contributed by atoms with Gasteiger partial charge in [0.1, 0.15) is 6.33 Å². The van der Waals surface area contributed by atoms with Crippen LogP contribution in [0.25, 0.3) is 0 Å². The minimum absolute atomic E-state index is 0.192. The van der Waals surface area contributed by atoms with Crippen molar-refractivity contribution in [3.8, 4) is 0 Å². The molecule has 0 amide bonds. The third-order valence-electron chi connectivity index (χ3n) is 1.13. The summed E-state index contributed by atoms with van der Waals surface area (Å²) in [6.45, 7) is 0.401. The van der Waals surface area contributed by atoms with E-state index >= 15 is 0 Å². The highest BCUT2D eigenvalue weighted by atomic mass is 35.5. The first kappa shape index (κ1) is 7.44. The van der Waals surface area contributed by atoms with E-state index in [1.54, 1.807) is 12.3 Å². The molecule has 0 radical (unpaired) electrons. The minimum atomic E-state index is -0.192. The van der Waals surface area contributed by atoms with E-state index in [2.05, 4.69) is 9.97 Å². The second kappa shape index (κ2) is 3.49. The Morgan fingerprint density at radius 1 is 1.70 bits per heavy atom. The van der Waals surface area contributed by atoms with Crippen LogP contribution in [-0.2, 0) is 0 Å². The third-order valence-corrected chi connectivity index (χ3v) is 1.53. The number of hydrogen-bond acceptors (Lipinski definition) is 3. The Balaban J connectivity index is 2.75. The van der Waals surface area contributed by atoms with Crippen molar-refractivity contribution in [3.63, 3.8) is 0 Å². The summed E-state index contributed by atoms with van der Waals surface area (Å²) >= 11 is 5.78. The van der Waals surface area contributed by atoms with Crippen LogP contribution in [0.4, 0.5) is 0 Å². The molecule has 0 bridgehead atoms. The van der Waals surface area contributed by atoms with Gasteiger partial charge in [-0.3, -0.25) is 0 Å². The van der Waals surface area contributed by atoms with Gasteiger partial charge >= 0.3 is 0 Å². The summed E-state index contributed by atoms with van der Waals surface area (Å²) < 4.78 is 0. The Bertz CT molecular complexity index is 189. The first-order valence-electron chi connectivity index (χ1n) is 2.94. The number of hydrogen-bond donors (Lipinski definition) is 1. The molecule has 0 fully saturated rings. The van der Waals surface area contributed by atoms with Crippen LogP contribution in [0, 0.1) is 0 Å². The van der Waals surface area contributed by atoms with Crippen molar-refractivity contribution in [2.45, 2.75) is 5.38 Å². The van der Waals surface area contributed by atoms with Gasteiger partial charge in [-0.25, -0.2) is 9.97 Å². The summed E-state index contributed by atoms with van der Waals surface area (Å²) in [7, 11) is 0. The normalized spacial score (nSPS) is 13.0. The molecule has 3 nitrogen and oxygen atoms in total. The molecule has 0 saturated heterocycles. The van der Waals surface area contributed by atoms with Gasteiger partial charge in [-0.15, -0.1) is 11.6 Å². The van der Waals surface area contributed by atoms with Crippen LogP contribution in [0.5, 0.6) is 0 Å². The van der Waals surface area contributed by atoms with Gasteiger partial charge < -0.3 is 5.73 Å². The van der Waals surface area contributed by atoms with Crippen molar-refractivity contribution in [2.24, 2.45) is 5.73 Å². The second-order valence-corrected chi connectivity index (χ2v) is 2.36. The van der Waals surface area contributed by atoms with Gasteiger partial charge in [-0.2, -0.15) is 0 Å². The van der Waals surface area contributed by atoms with Gasteiger partial charge in [0.25, 0.3) is 0 Å². The molecule has 10 heavy (non-hydrogen) atoms. The van der Waals surface area contributed by atoms with Gasteiger partial charge in [0.15, 0.2) is 0 Å². The molecule has 0 aliphatic carbocycles. The van der Waals surface area contributed by atoms with Crippen LogP contribution in [0.15, 0.2) is 18.6 Å². The summed E-state index contributed by atoms with van der Waals surface area (Å²) in [6, 6.07) is 1.75. The number of alkyl halides is 1. The Morgan fingerprint density at radius 3 is 3.00 bits per heavy atom. The first-order chi connectivity index (χ1) is 4.84. The van der Waals surface area contributed by atoms with Gasteiger partial charge in [-0.05, 0) is 6.07 Å². The molecule has 0 spiro atoms. The molecular formula is C6H8ClN3. The fraction of sp³-hybridized carbons (Fsp3) is 0.333. The van der Waals surface area contributed by atoms with E-state index in [1.165, 1.54) is 6.33 Å². The van der Waals surface area contributed by atoms with Crippen LogP contribution < -0.4 is 5.73 Å². The number of nitrogens with zero attached hydrogens (tertiary/aromatic N) is 2. The fourth-order valence-electron chi connectivity index (χ4n) is 0.607. The standard InChI is InChI=1S/C6H8ClN3/c7-5(3-8)6-1-2-9-4-10-6/h1-2,4-5H,3,8H2. The number of aromatic nitrogens is 2. The van der Waals surface area contributed by atoms with Crippen LogP contribution in [-0.4, -0.2) is 16.5 Å². The smallest absolute Gasteiger partial charge is 0.115 e. The average molecular weight is 158 g/mol. The van der Waals surface area contributed by atoms with E-state index in [0.717, 1.165) is 5.69 Å². The Kier molecular flexibility index (Phi) is 2.59. The van der Waals surface area contributed by atoms with E-state index in [-0.39, 0.29) is 5.38 Å². The highest BCUT2D eigenvalue weighted by Crippen LogP contribution is 2.13.